The number of rotatable bonds is 4. The van der Waals surface area contributed by atoms with Crippen molar-refractivity contribution in [3.8, 4) is 0 Å². The highest BCUT2D eigenvalue weighted by molar-refractivity contribution is 6.39. The molecule has 0 bridgehead atoms. The van der Waals surface area contributed by atoms with E-state index in [0.717, 1.165) is 0 Å². The fraction of sp³-hybridized carbons (Fsp3) is 0.444. The van der Waals surface area contributed by atoms with Gasteiger partial charge in [-0.25, -0.2) is 9.59 Å². The van der Waals surface area contributed by atoms with Crippen molar-refractivity contribution in [1.82, 2.24) is 9.80 Å². The number of amides is 3. The van der Waals surface area contributed by atoms with Crippen LogP contribution in [0.25, 0.3) is 0 Å². The maximum absolute atomic E-state index is 12.4. The maximum atomic E-state index is 12.4. The Morgan fingerprint density at radius 1 is 0.926 bits per heavy atom. The lowest BCUT2D eigenvalue weighted by Gasteiger charge is -2.33. The summed E-state index contributed by atoms with van der Waals surface area (Å²) in [5.41, 5.74) is 0.382. The third-order valence-corrected chi connectivity index (χ3v) is 3.96. The lowest BCUT2D eigenvalue weighted by Crippen LogP contribution is -2.53. The van der Waals surface area contributed by atoms with Crippen LogP contribution in [0, 0.1) is 0 Å². The molecule has 3 amide bonds. The van der Waals surface area contributed by atoms with Gasteiger partial charge in [-0.15, -0.1) is 0 Å². The first-order chi connectivity index (χ1) is 13.0. The summed E-state index contributed by atoms with van der Waals surface area (Å²) in [6, 6.07) is 6.31. The van der Waals surface area contributed by atoms with Crippen molar-refractivity contribution in [3.63, 3.8) is 0 Å². The van der Waals surface area contributed by atoms with Gasteiger partial charge in [0.2, 0.25) is 0 Å². The van der Waals surface area contributed by atoms with E-state index >= 15 is 0 Å². The molecule has 1 aliphatic heterocycles. The Kier molecular flexibility index (Phi) is 7.16. The van der Waals surface area contributed by atoms with Gasteiger partial charge in [-0.2, -0.15) is 0 Å². The van der Waals surface area contributed by atoms with Crippen molar-refractivity contribution in [2.75, 3.05) is 44.7 Å². The largest absolute Gasteiger partial charge is 0.462 e. The fourth-order valence-corrected chi connectivity index (χ4v) is 2.61. The van der Waals surface area contributed by atoms with Crippen molar-refractivity contribution >= 4 is 29.6 Å². The van der Waals surface area contributed by atoms with Gasteiger partial charge in [0.05, 0.1) is 24.5 Å². The van der Waals surface area contributed by atoms with E-state index in [1.165, 1.54) is 21.9 Å². The fourth-order valence-electron chi connectivity index (χ4n) is 2.61. The van der Waals surface area contributed by atoms with Gasteiger partial charge < -0.3 is 24.6 Å². The number of ether oxygens (including phenoxy) is 2. The van der Waals surface area contributed by atoms with Crippen LogP contribution >= 0.6 is 0 Å². The van der Waals surface area contributed by atoms with Crippen LogP contribution in [0.5, 0.6) is 0 Å². The van der Waals surface area contributed by atoms with E-state index in [0.29, 0.717) is 0 Å². The Morgan fingerprint density at radius 2 is 1.52 bits per heavy atom. The van der Waals surface area contributed by atoms with Crippen LogP contribution in [0.4, 0.5) is 10.5 Å². The molecule has 0 aromatic heterocycles. The predicted molar refractivity (Wildman–Crippen MR) is 96.2 cm³/mol. The van der Waals surface area contributed by atoms with Gasteiger partial charge in [0.15, 0.2) is 0 Å². The van der Waals surface area contributed by atoms with Crippen molar-refractivity contribution in [2.24, 2.45) is 0 Å². The van der Waals surface area contributed by atoms with E-state index in [1.54, 1.807) is 26.0 Å². The van der Waals surface area contributed by atoms with Crippen LogP contribution in [0.1, 0.15) is 24.2 Å². The number of hydrogen-bond donors (Lipinski definition) is 1. The molecular formula is C18H23N3O6. The summed E-state index contributed by atoms with van der Waals surface area (Å²) < 4.78 is 9.87. The van der Waals surface area contributed by atoms with Gasteiger partial charge in [0.1, 0.15) is 0 Å². The lowest BCUT2D eigenvalue weighted by molar-refractivity contribution is -0.144. The second-order valence-corrected chi connectivity index (χ2v) is 5.70. The molecule has 1 fully saturated rings. The molecule has 146 valence electrons. The zero-order valence-corrected chi connectivity index (χ0v) is 15.4. The van der Waals surface area contributed by atoms with E-state index in [9.17, 15) is 19.2 Å². The lowest BCUT2D eigenvalue weighted by atomic mass is 10.1. The number of nitrogens with zero attached hydrogens (tertiary/aromatic N) is 2. The summed E-state index contributed by atoms with van der Waals surface area (Å²) in [4.78, 5) is 51.2. The minimum Gasteiger partial charge on any atom is -0.462 e. The Bertz CT molecular complexity index is 713. The molecule has 1 heterocycles. The Labute approximate surface area is 157 Å². The highest BCUT2D eigenvalue weighted by atomic mass is 16.6. The average Bonchev–Trinajstić information content (AvgIpc) is 2.68. The number of para-hydroxylation sites is 1. The molecule has 1 aromatic rings. The zero-order chi connectivity index (χ0) is 19.8. The minimum absolute atomic E-state index is 0.174. The van der Waals surface area contributed by atoms with Crippen LogP contribution in [0.2, 0.25) is 0 Å². The Balaban J connectivity index is 1.96. The normalized spacial score (nSPS) is 13.7. The van der Waals surface area contributed by atoms with Gasteiger partial charge in [-0.05, 0) is 26.0 Å². The summed E-state index contributed by atoms with van der Waals surface area (Å²) in [5.74, 6) is -2.16. The molecule has 1 N–H and O–H groups in total. The molecule has 0 aliphatic carbocycles. The van der Waals surface area contributed by atoms with E-state index in [4.69, 9.17) is 9.47 Å². The number of nitrogens with one attached hydrogen (secondary N) is 1. The maximum Gasteiger partial charge on any atom is 0.409 e. The van der Waals surface area contributed by atoms with Crippen LogP contribution in [-0.4, -0.2) is 73.1 Å². The highest BCUT2D eigenvalue weighted by Gasteiger charge is 2.29. The quantitative estimate of drug-likeness (QED) is 0.622. The minimum atomic E-state index is -0.851. The number of carbonyl (C=O) groups excluding carboxylic acids is 4. The van der Waals surface area contributed by atoms with Crippen molar-refractivity contribution < 1.29 is 28.7 Å². The third kappa shape index (κ3) is 5.19. The van der Waals surface area contributed by atoms with Crippen LogP contribution in [-0.2, 0) is 19.1 Å². The number of benzene rings is 1. The molecule has 0 spiro atoms. The van der Waals surface area contributed by atoms with E-state index in [1.807, 2.05) is 0 Å². The number of hydrogen-bond acceptors (Lipinski definition) is 6. The molecule has 1 aliphatic rings. The van der Waals surface area contributed by atoms with Crippen molar-refractivity contribution in [2.45, 2.75) is 13.8 Å². The molecule has 0 atom stereocenters. The average molecular weight is 377 g/mol. The molecule has 0 unspecified atom stereocenters. The highest BCUT2D eigenvalue weighted by Crippen LogP contribution is 2.16. The summed E-state index contributed by atoms with van der Waals surface area (Å²) in [5, 5.41) is 2.46. The van der Waals surface area contributed by atoms with Gasteiger partial charge in [-0.1, -0.05) is 12.1 Å². The van der Waals surface area contributed by atoms with Gasteiger partial charge in [0, 0.05) is 26.2 Å². The molecule has 9 nitrogen and oxygen atoms in total. The van der Waals surface area contributed by atoms with Gasteiger partial charge in [0.25, 0.3) is 0 Å². The topological polar surface area (TPSA) is 105 Å². The number of piperazine rings is 1. The first-order valence-electron chi connectivity index (χ1n) is 8.76. The smallest absolute Gasteiger partial charge is 0.409 e. The van der Waals surface area contributed by atoms with Crippen LogP contribution in [0.15, 0.2) is 24.3 Å². The van der Waals surface area contributed by atoms with Crippen molar-refractivity contribution in [1.29, 1.82) is 0 Å². The molecule has 0 radical (unpaired) electrons. The molecule has 2 rings (SSSR count). The summed E-state index contributed by atoms with van der Waals surface area (Å²) >= 11 is 0. The number of anilines is 1. The predicted octanol–water partition coefficient (Wildman–Crippen LogP) is 1.10. The van der Waals surface area contributed by atoms with Crippen molar-refractivity contribution in [3.05, 3.63) is 29.8 Å². The standard InChI is InChI=1S/C18H23N3O6/c1-3-26-17(24)13-7-5-6-8-14(13)19-15(22)16(23)20-9-11-21(12-10-20)18(25)27-4-2/h5-8H,3-4,9-12H2,1-2H3,(H,19,22). The number of esters is 1. The Morgan fingerprint density at radius 3 is 2.15 bits per heavy atom. The van der Waals surface area contributed by atoms with Gasteiger partial charge in [-0.3, -0.25) is 9.59 Å². The molecule has 27 heavy (non-hydrogen) atoms. The molecule has 0 saturated carbocycles. The first kappa shape index (κ1) is 20.2. The number of carbonyl (C=O) groups is 4. The van der Waals surface area contributed by atoms with E-state index in [-0.39, 0.29) is 50.6 Å². The van der Waals surface area contributed by atoms with Crippen LogP contribution < -0.4 is 5.32 Å². The molecule has 1 aromatic carbocycles. The summed E-state index contributed by atoms with van der Waals surface area (Å²) in [6.07, 6.45) is -0.433. The SMILES string of the molecule is CCOC(=O)c1ccccc1NC(=O)C(=O)N1CCN(C(=O)OCC)CC1. The van der Waals surface area contributed by atoms with Gasteiger partial charge >= 0.3 is 23.9 Å². The molecule has 9 heteroatoms. The monoisotopic (exact) mass is 377 g/mol. The second kappa shape index (κ2) is 9.56. The summed E-state index contributed by atoms with van der Waals surface area (Å²) in [7, 11) is 0. The zero-order valence-electron chi connectivity index (χ0n) is 15.4. The van der Waals surface area contributed by atoms with Crippen LogP contribution in [0.3, 0.4) is 0 Å². The Hall–Kier alpha value is -3.10. The van der Waals surface area contributed by atoms with E-state index in [2.05, 4.69) is 5.32 Å². The summed E-state index contributed by atoms with van der Waals surface area (Å²) in [6.45, 7) is 4.91. The molecular weight excluding hydrogens is 354 g/mol. The van der Waals surface area contributed by atoms with E-state index < -0.39 is 23.9 Å². The second-order valence-electron chi connectivity index (χ2n) is 5.70. The molecule has 1 saturated heterocycles. The third-order valence-electron chi connectivity index (χ3n) is 3.96. The first-order valence-corrected chi connectivity index (χ1v) is 8.76.